The van der Waals surface area contributed by atoms with E-state index in [9.17, 15) is 14.4 Å². The number of fused-ring (bicyclic) bond motifs is 2. The van der Waals surface area contributed by atoms with Gasteiger partial charge in [0.2, 0.25) is 5.91 Å². The van der Waals surface area contributed by atoms with Crippen molar-refractivity contribution in [2.75, 3.05) is 32.8 Å². The number of hydrogen-bond donors (Lipinski definition) is 0. The lowest BCUT2D eigenvalue weighted by Crippen LogP contribution is -2.49. The van der Waals surface area contributed by atoms with Gasteiger partial charge in [-0.25, -0.2) is 0 Å². The summed E-state index contributed by atoms with van der Waals surface area (Å²) in [7, 11) is 0. The molecule has 5 rings (SSSR count). The van der Waals surface area contributed by atoms with Crippen LogP contribution in [0.4, 0.5) is 0 Å². The molecule has 1 heterocycles. The number of ether oxygens (including phenoxy) is 1. The van der Waals surface area contributed by atoms with Crippen LogP contribution in [0.1, 0.15) is 21.5 Å². The zero-order valence-corrected chi connectivity index (χ0v) is 18.8. The molecule has 1 fully saturated rings. The first-order chi connectivity index (χ1) is 16.0. The van der Waals surface area contributed by atoms with Crippen molar-refractivity contribution >= 4 is 34.6 Å². The number of halogens is 1. The van der Waals surface area contributed by atoms with Crippen molar-refractivity contribution in [2.24, 2.45) is 0 Å². The van der Waals surface area contributed by atoms with Gasteiger partial charge >= 0.3 is 0 Å². The fraction of sp³-hybridized carbons (Fsp3) is 0.269. The van der Waals surface area contributed by atoms with Gasteiger partial charge in [0.05, 0.1) is 5.57 Å². The minimum absolute atomic E-state index is 0.150. The van der Waals surface area contributed by atoms with E-state index in [0.717, 1.165) is 30.2 Å². The van der Waals surface area contributed by atoms with E-state index in [0.29, 0.717) is 24.2 Å². The van der Waals surface area contributed by atoms with Crippen molar-refractivity contribution in [1.29, 1.82) is 0 Å². The van der Waals surface area contributed by atoms with Crippen LogP contribution in [0.25, 0.3) is 5.57 Å². The van der Waals surface area contributed by atoms with Crippen molar-refractivity contribution in [2.45, 2.75) is 12.6 Å². The molecular formula is C26H23ClN2O4. The molecule has 1 saturated heterocycles. The van der Waals surface area contributed by atoms with Gasteiger partial charge in [0, 0.05) is 43.3 Å². The molecule has 0 bridgehead atoms. The zero-order valence-electron chi connectivity index (χ0n) is 18.0. The van der Waals surface area contributed by atoms with E-state index in [4.69, 9.17) is 16.3 Å². The first-order valence-corrected chi connectivity index (χ1v) is 11.4. The molecule has 168 valence electrons. The molecular weight excluding hydrogens is 440 g/mol. The predicted octanol–water partition coefficient (Wildman–Crippen LogP) is 3.16. The Hall–Kier alpha value is -3.06. The highest BCUT2D eigenvalue weighted by molar-refractivity contribution is 6.37. The maximum atomic E-state index is 12.9. The van der Waals surface area contributed by atoms with Crippen LogP contribution in [0.2, 0.25) is 5.02 Å². The monoisotopic (exact) mass is 462 g/mol. The number of rotatable bonds is 5. The Morgan fingerprint density at radius 1 is 0.970 bits per heavy atom. The predicted molar refractivity (Wildman–Crippen MR) is 125 cm³/mol. The van der Waals surface area contributed by atoms with E-state index in [2.05, 4.69) is 4.90 Å². The Balaban J connectivity index is 1.13. The molecule has 0 N–H and O–H groups in total. The van der Waals surface area contributed by atoms with E-state index in [1.165, 1.54) is 5.56 Å². The van der Waals surface area contributed by atoms with Gasteiger partial charge in [-0.2, -0.15) is 0 Å². The third-order valence-corrected chi connectivity index (χ3v) is 6.58. The van der Waals surface area contributed by atoms with Crippen molar-refractivity contribution in [1.82, 2.24) is 9.80 Å². The second-order valence-corrected chi connectivity index (χ2v) is 8.84. The Labute approximate surface area is 197 Å². The molecule has 0 aromatic heterocycles. The average Bonchev–Trinajstić information content (AvgIpc) is 3.13. The van der Waals surface area contributed by atoms with Crippen LogP contribution in [0.15, 0.2) is 66.3 Å². The lowest BCUT2D eigenvalue weighted by atomic mass is 9.94. The molecule has 33 heavy (non-hydrogen) atoms. The molecule has 3 aliphatic rings. The molecule has 2 aliphatic carbocycles. The fourth-order valence-corrected chi connectivity index (χ4v) is 4.65. The summed E-state index contributed by atoms with van der Waals surface area (Å²) in [6.45, 7) is 3.35. The van der Waals surface area contributed by atoms with Crippen LogP contribution >= 0.6 is 11.6 Å². The number of Topliss-reactive ketones (excluding diaryl/α,β-unsaturated/α-hetero) is 2. The van der Waals surface area contributed by atoms with Crippen molar-refractivity contribution in [3.8, 4) is 0 Å². The molecule has 0 spiro atoms. The SMILES string of the molecule is O=C1C2=C(C=CC(OCC(=O)N3CCN(Cc4ccc(Cl)cc4)CC3)C2=O)c2ccccc21. The Bertz CT molecular complexity index is 1180. The van der Waals surface area contributed by atoms with Gasteiger partial charge in [-0.1, -0.05) is 54.1 Å². The summed E-state index contributed by atoms with van der Waals surface area (Å²) in [5, 5.41) is 0.717. The number of benzene rings is 2. The Morgan fingerprint density at radius 2 is 1.67 bits per heavy atom. The summed E-state index contributed by atoms with van der Waals surface area (Å²) in [6, 6.07) is 15.0. The topological polar surface area (TPSA) is 66.9 Å². The quantitative estimate of drug-likeness (QED) is 0.638. The number of ketones is 2. The van der Waals surface area contributed by atoms with Gasteiger partial charge < -0.3 is 9.64 Å². The summed E-state index contributed by atoms with van der Waals surface area (Å²) in [4.78, 5) is 42.3. The number of amides is 1. The molecule has 1 aliphatic heterocycles. The number of hydrogen-bond acceptors (Lipinski definition) is 5. The van der Waals surface area contributed by atoms with E-state index in [1.54, 1.807) is 29.2 Å². The smallest absolute Gasteiger partial charge is 0.248 e. The fourth-order valence-electron chi connectivity index (χ4n) is 4.53. The van der Waals surface area contributed by atoms with E-state index < -0.39 is 6.10 Å². The van der Waals surface area contributed by atoms with E-state index >= 15 is 0 Å². The third-order valence-electron chi connectivity index (χ3n) is 6.33. The number of nitrogens with zero attached hydrogens (tertiary/aromatic N) is 2. The van der Waals surface area contributed by atoms with Gasteiger partial charge in [-0.3, -0.25) is 19.3 Å². The van der Waals surface area contributed by atoms with Crippen LogP contribution in [0, 0.1) is 0 Å². The summed E-state index contributed by atoms with van der Waals surface area (Å²) in [6.07, 6.45) is 2.47. The van der Waals surface area contributed by atoms with Crippen LogP contribution in [-0.2, 0) is 20.9 Å². The number of allylic oxidation sites excluding steroid dienone is 2. The maximum Gasteiger partial charge on any atom is 0.248 e. The zero-order chi connectivity index (χ0) is 22.9. The summed E-state index contributed by atoms with van der Waals surface area (Å²) >= 11 is 5.94. The molecule has 1 unspecified atom stereocenters. The minimum atomic E-state index is -0.919. The molecule has 1 atom stereocenters. The molecule has 2 aromatic carbocycles. The van der Waals surface area contributed by atoms with Crippen LogP contribution in [0.5, 0.6) is 0 Å². The number of piperazine rings is 1. The largest absolute Gasteiger partial charge is 0.356 e. The highest BCUT2D eigenvalue weighted by Crippen LogP contribution is 2.37. The standard InChI is InChI=1S/C26H23ClN2O4/c27-18-7-5-17(6-8-18)15-28-11-13-29(14-12-28)23(30)16-33-22-10-9-20-19-3-1-2-4-21(19)25(31)24(20)26(22)32/h1-10,22H,11-16H2. The molecule has 1 amide bonds. The normalized spacial score (nSPS) is 20.3. The van der Waals surface area contributed by atoms with Gasteiger partial charge in [0.25, 0.3) is 0 Å². The second kappa shape index (κ2) is 9.06. The lowest BCUT2D eigenvalue weighted by molar-refractivity contribution is -0.141. The highest BCUT2D eigenvalue weighted by atomic mass is 35.5. The summed E-state index contributed by atoms with van der Waals surface area (Å²) < 4.78 is 5.66. The van der Waals surface area contributed by atoms with Gasteiger partial charge in [-0.05, 0) is 34.9 Å². The van der Waals surface area contributed by atoms with Crippen molar-refractivity contribution in [3.63, 3.8) is 0 Å². The van der Waals surface area contributed by atoms with E-state index in [1.807, 2.05) is 36.4 Å². The molecule has 6 nitrogen and oxygen atoms in total. The molecule has 7 heteroatoms. The van der Waals surface area contributed by atoms with Crippen LogP contribution < -0.4 is 0 Å². The number of carbonyl (C=O) groups is 3. The molecule has 0 saturated carbocycles. The van der Waals surface area contributed by atoms with E-state index in [-0.39, 0.29) is 29.7 Å². The minimum Gasteiger partial charge on any atom is -0.356 e. The third kappa shape index (κ3) is 4.29. The Morgan fingerprint density at radius 3 is 2.39 bits per heavy atom. The second-order valence-electron chi connectivity index (χ2n) is 8.40. The van der Waals surface area contributed by atoms with Gasteiger partial charge in [0.1, 0.15) is 12.7 Å². The molecule has 0 radical (unpaired) electrons. The van der Waals surface area contributed by atoms with Gasteiger partial charge in [0.15, 0.2) is 11.6 Å². The lowest BCUT2D eigenvalue weighted by Gasteiger charge is -2.35. The van der Waals surface area contributed by atoms with Crippen LogP contribution in [0.3, 0.4) is 0 Å². The van der Waals surface area contributed by atoms with Crippen molar-refractivity contribution < 1.29 is 19.1 Å². The summed E-state index contributed by atoms with van der Waals surface area (Å²) in [5.74, 6) is -0.802. The van der Waals surface area contributed by atoms with Crippen LogP contribution in [-0.4, -0.2) is 66.2 Å². The Kier molecular flexibility index (Phi) is 5.98. The maximum absolute atomic E-state index is 12.9. The number of carbonyl (C=O) groups excluding carboxylic acids is 3. The van der Waals surface area contributed by atoms with Crippen molar-refractivity contribution in [3.05, 3.63) is 88.0 Å². The molecule has 2 aromatic rings. The highest BCUT2D eigenvalue weighted by Gasteiger charge is 2.38. The van der Waals surface area contributed by atoms with Gasteiger partial charge in [-0.15, -0.1) is 0 Å². The first kappa shape index (κ1) is 21.8. The average molecular weight is 463 g/mol. The summed E-state index contributed by atoms with van der Waals surface area (Å²) in [5.41, 5.74) is 3.29. The first-order valence-electron chi connectivity index (χ1n) is 11.0.